The summed E-state index contributed by atoms with van der Waals surface area (Å²) in [5.74, 6) is 0.492. The van der Waals surface area contributed by atoms with Crippen LogP contribution >= 0.6 is 12.4 Å². The van der Waals surface area contributed by atoms with E-state index in [0.29, 0.717) is 13.2 Å². The molecule has 1 rings (SSSR count). The minimum Gasteiger partial charge on any atom is -0.494 e. The molecule has 1 aromatic rings. The molecule has 0 radical (unpaired) electrons. The van der Waals surface area contributed by atoms with Crippen LogP contribution in [0.4, 0.5) is 0 Å². The smallest absolute Gasteiger partial charge is 0.307 e. The van der Waals surface area contributed by atoms with Crippen molar-refractivity contribution in [1.29, 1.82) is 0 Å². The van der Waals surface area contributed by atoms with Crippen LogP contribution in [0.2, 0.25) is 0 Å². The summed E-state index contributed by atoms with van der Waals surface area (Å²) in [6, 6.07) is 7.12. The van der Waals surface area contributed by atoms with E-state index in [9.17, 15) is 4.79 Å². The van der Waals surface area contributed by atoms with Gasteiger partial charge in [0.05, 0.1) is 19.6 Å². The standard InChI is InChI=1S/C13H19NO3.ClH/c1-3-16-11-7-5-6-10(8-11)12(14)9-13(15)17-4-2;/h5-8,12H,3-4,9,14H2,1-2H3;1H/t12-;/m1./s1. The molecule has 102 valence electrons. The Hall–Kier alpha value is -1.26. The van der Waals surface area contributed by atoms with Crippen LogP contribution in [0.25, 0.3) is 0 Å². The summed E-state index contributed by atoms with van der Waals surface area (Å²) in [6.07, 6.45) is 0.184. The third kappa shape index (κ3) is 5.38. The molecule has 0 aromatic heterocycles. The van der Waals surface area contributed by atoms with E-state index in [2.05, 4.69) is 0 Å². The summed E-state index contributed by atoms with van der Waals surface area (Å²) < 4.78 is 10.2. The largest absolute Gasteiger partial charge is 0.494 e. The highest BCUT2D eigenvalue weighted by Gasteiger charge is 2.12. The van der Waals surface area contributed by atoms with Crippen LogP contribution in [0.3, 0.4) is 0 Å². The van der Waals surface area contributed by atoms with E-state index < -0.39 is 0 Å². The van der Waals surface area contributed by atoms with Crippen LogP contribution in [0.15, 0.2) is 24.3 Å². The van der Waals surface area contributed by atoms with E-state index >= 15 is 0 Å². The number of ether oxygens (including phenoxy) is 2. The van der Waals surface area contributed by atoms with E-state index in [1.165, 1.54) is 0 Å². The Morgan fingerprint density at radius 1 is 1.33 bits per heavy atom. The van der Waals surface area contributed by atoms with E-state index in [4.69, 9.17) is 15.2 Å². The van der Waals surface area contributed by atoms with Crippen molar-refractivity contribution >= 4 is 18.4 Å². The second-order valence-electron chi connectivity index (χ2n) is 3.62. The van der Waals surface area contributed by atoms with Crippen molar-refractivity contribution in [2.75, 3.05) is 13.2 Å². The Balaban J connectivity index is 0.00000289. The average Bonchev–Trinajstić information content (AvgIpc) is 2.30. The molecule has 0 spiro atoms. The zero-order chi connectivity index (χ0) is 12.7. The lowest BCUT2D eigenvalue weighted by molar-refractivity contribution is -0.143. The molecule has 0 aliphatic heterocycles. The van der Waals surface area contributed by atoms with Crippen molar-refractivity contribution in [3.8, 4) is 5.75 Å². The SMILES string of the molecule is CCOC(=O)C[C@@H](N)c1cccc(OCC)c1.Cl. The molecule has 0 saturated carbocycles. The van der Waals surface area contributed by atoms with Gasteiger partial charge in [0.1, 0.15) is 5.75 Å². The van der Waals surface area contributed by atoms with Crippen molar-refractivity contribution in [2.24, 2.45) is 5.73 Å². The van der Waals surface area contributed by atoms with Gasteiger partial charge in [0.25, 0.3) is 0 Å². The number of hydrogen-bond donors (Lipinski definition) is 1. The molecule has 1 atom stereocenters. The monoisotopic (exact) mass is 273 g/mol. The number of carbonyl (C=O) groups is 1. The first-order valence-corrected chi connectivity index (χ1v) is 5.81. The number of esters is 1. The van der Waals surface area contributed by atoms with Gasteiger partial charge in [-0.3, -0.25) is 4.79 Å². The lowest BCUT2D eigenvalue weighted by Crippen LogP contribution is -2.17. The molecule has 0 unspecified atom stereocenters. The molecule has 2 N–H and O–H groups in total. The predicted octanol–water partition coefficient (Wildman–Crippen LogP) is 2.46. The fourth-order valence-corrected chi connectivity index (χ4v) is 1.52. The molecule has 0 aliphatic carbocycles. The first-order valence-electron chi connectivity index (χ1n) is 5.81. The Labute approximate surface area is 114 Å². The minimum absolute atomic E-state index is 0. The van der Waals surface area contributed by atoms with Crippen molar-refractivity contribution in [1.82, 2.24) is 0 Å². The molecule has 18 heavy (non-hydrogen) atoms. The quantitative estimate of drug-likeness (QED) is 0.809. The third-order valence-electron chi connectivity index (χ3n) is 2.29. The normalized spacial score (nSPS) is 11.3. The molecule has 0 fully saturated rings. The summed E-state index contributed by atoms with van der Waals surface area (Å²) in [7, 11) is 0. The topological polar surface area (TPSA) is 61.5 Å². The van der Waals surface area contributed by atoms with Gasteiger partial charge in [0, 0.05) is 6.04 Å². The molecule has 0 bridgehead atoms. The number of nitrogens with two attached hydrogens (primary N) is 1. The Kier molecular flexibility index (Phi) is 8.16. The van der Waals surface area contributed by atoms with Gasteiger partial charge in [-0.15, -0.1) is 12.4 Å². The van der Waals surface area contributed by atoms with Crippen LogP contribution in [-0.2, 0) is 9.53 Å². The molecule has 0 aliphatic rings. The third-order valence-corrected chi connectivity index (χ3v) is 2.29. The molecule has 1 aromatic carbocycles. The molecule has 0 amide bonds. The zero-order valence-electron chi connectivity index (χ0n) is 10.7. The Bertz CT molecular complexity index is 371. The van der Waals surface area contributed by atoms with Crippen LogP contribution in [-0.4, -0.2) is 19.2 Å². The fraction of sp³-hybridized carbons (Fsp3) is 0.462. The fourth-order valence-electron chi connectivity index (χ4n) is 1.52. The maximum Gasteiger partial charge on any atom is 0.307 e. The summed E-state index contributed by atoms with van der Waals surface area (Å²) in [6.45, 7) is 4.69. The Morgan fingerprint density at radius 3 is 2.67 bits per heavy atom. The van der Waals surface area contributed by atoms with Crippen LogP contribution in [0.1, 0.15) is 31.9 Å². The van der Waals surface area contributed by atoms with Crippen LogP contribution < -0.4 is 10.5 Å². The van der Waals surface area contributed by atoms with Crippen LogP contribution in [0, 0.1) is 0 Å². The molecule has 0 heterocycles. The number of rotatable bonds is 6. The molecular formula is C13H20ClNO3. The van der Waals surface area contributed by atoms with Crippen LogP contribution in [0.5, 0.6) is 5.75 Å². The second-order valence-corrected chi connectivity index (χ2v) is 3.62. The first kappa shape index (κ1) is 16.7. The van der Waals surface area contributed by atoms with Crippen molar-refractivity contribution in [3.05, 3.63) is 29.8 Å². The highest BCUT2D eigenvalue weighted by atomic mass is 35.5. The predicted molar refractivity (Wildman–Crippen MR) is 73.0 cm³/mol. The highest BCUT2D eigenvalue weighted by molar-refractivity contribution is 5.85. The van der Waals surface area contributed by atoms with Gasteiger partial charge in [0.2, 0.25) is 0 Å². The number of benzene rings is 1. The maximum atomic E-state index is 11.3. The summed E-state index contributed by atoms with van der Waals surface area (Å²) in [5.41, 5.74) is 6.81. The van der Waals surface area contributed by atoms with Gasteiger partial charge < -0.3 is 15.2 Å². The van der Waals surface area contributed by atoms with Crippen molar-refractivity contribution in [3.63, 3.8) is 0 Å². The summed E-state index contributed by atoms with van der Waals surface area (Å²) in [4.78, 5) is 11.3. The average molecular weight is 274 g/mol. The van der Waals surface area contributed by atoms with E-state index in [0.717, 1.165) is 11.3 Å². The molecule has 5 heteroatoms. The lowest BCUT2D eigenvalue weighted by Gasteiger charge is -2.12. The maximum absolute atomic E-state index is 11.3. The van der Waals surface area contributed by atoms with Gasteiger partial charge in [-0.25, -0.2) is 0 Å². The van der Waals surface area contributed by atoms with Gasteiger partial charge >= 0.3 is 5.97 Å². The van der Waals surface area contributed by atoms with E-state index in [1.54, 1.807) is 6.92 Å². The van der Waals surface area contributed by atoms with Crippen molar-refractivity contribution < 1.29 is 14.3 Å². The number of halogens is 1. The molecule has 0 saturated heterocycles. The summed E-state index contributed by atoms with van der Waals surface area (Å²) >= 11 is 0. The minimum atomic E-state index is -0.352. The Morgan fingerprint density at radius 2 is 2.06 bits per heavy atom. The number of carbonyl (C=O) groups excluding carboxylic acids is 1. The van der Waals surface area contributed by atoms with Gasteiger partial charge in [-0.1, -0.05) is 12.1 Å². The van der Waals surface area contributed by atoms with Gasteiger partial charge in [-0.2, -0.15) is 0 Å². The van der Waals surface area contributed by atoms with Gasteiger partial charge in [0.15, 0.2) is 0 Å². The first-order chi connectivity index (χ1) is 8.17. The van der Waals surface area contributed by atoms with Gasteiger partial charge in [-0.05, 0) is 31.5 Å². The van der Waals surface area contributed by atoms with E-state index in [-0.39, 0.29) is 30.8 Å². The molecular weight excluding hydrogens is 254 g/mol. The lowest BCUT2D eigenvalue weighted by atomic mass is 10.0. The zero-order valence-corrected chi connectivity index (χ0v) is 11.5. The van der Waals surface area contributed by atoms with E-state index in [1.807, 2.05) is 31.2 Å². The molecule has 4 nitrogen and oxygen atoms in total. The highest BCUT2D eigenvalue weighted by Crippen LogP contribution is 2.20. The van der Waals surface area contributed by atoms with Crippen molar-refractivity contribution in [2.45, 2.75) is 26.3 Å². The second kappa shape index (κ2) is 8.78. The summed E-state index contributed by atoms with van der Waals surface area (Å²) in [5, 5.41) is 0. The number of hydrogen-bond acceptors (Lipinski definition) is 4.